The first-order chi connectivity index (χ1) is 17.2. The highest BCUT2D eigenvalue weighted by molar-refractivity contribution is 7.89. The number of fused-ring (bicyclic) bond motifs is 1. The second-order valence-corrected chi connectivity index (χ2v) is 10.3. The number of sulfonamides is 1. The van der Waals surface area contributed by atoms with Gasteiger partial charge in [-0.2, -0.15) is 4.31 Å². The maximum absolute atomic E-state index is 14.0. The van der Waals surface area contributed by atoms with Crippen LogP contribution in [0.25, 0.3) is 0 Å². The number of benzene rings is 3. The number of carbonyl (C=O) groups is 2. The molecule has 0 bridgehead atoms. The van der Waals surface area contributed by atoms with E-state index >= 15 is 0 Å². The highest BCUT2D eigenvalue weighted by Crippen LogP contribution is 2.35. The summed E-state index contributed by atoms with van der Waals surface area (Å²) in [7, 11) is -3.06. The van der Waals surface area contributed by atoms with Crippen molar-refractivity contribution in [2.45, 2.75) is 17.5 Å². The monoisotopic (exact) mass is 530 g/mol. The number of para-hydroxylation sites is 2. The van der Waals surface area contributed by atoms with E-state index < -0.39 is 34.5 Å². The summed E-state index contributed by atoms with van der Waals surface area (Å²) in [5, 5.41) is 10.6. The molecule has 1 aliphatic heterocycles. The van der Waals surface area contributed by atoms with Crippen LogP contribution in [0.2, 0.25) is 5.02 Å². The van der Waals surface area contributed by atoms with Crippen LogP contribution in [0.1, 0.15) is 5.56 Å². The molecular weight excluding hydrogens is 508 g/mol. The molecule has 1 N–H and O–H groups in total. The number of aliphatic carboxylic acids is 1. The Kier molecular flexibility index (Phi) is 7.60. The third-order valence-electron chi connectivity index (χ3n) is 5.64. The number of halogens is 1. The molecule has 11 heteroatoms. The first kappa shape index (κ1) is 25.6. The van der Waals surface area contributed by atoms with Gasteiger partial charge in [-0.25, -0.2) is 8.42 Å². The smallest absolute Gasteiger partial charge is 0.323 e. The van der Waals surface area contributed by atoms with E-state index in [1.54, 1.807) is 54.6 Å². The van der Waals surface area contributed by atoms with Crippen molar-refractivity contribution in [3.8, 4) is 11.5 Å². The summed E-state index contributed by atoms with van der Waals surface area (Å²) < 4.78 is 39.6. The molecule has 188 valence electrons. The van der Waals surface area contributed by atoms with Gasteiger partial charge < -0.3 is 19.5 Å². The number of amides is 1. The van der Waals surface area contributed by atoms with Gasteiger partial charge in [0.05, 0.1) is 6.54 Å². The molecule has 3 aromatic carbocycles. The quantitative estimate of drug-likeness (QED) is 0.494. The van der Waals surface area contributed by atoms with Crippen molar-refractivity contribution in [2.75, 3.05) is 25.2 Å². The largest absolute Gasteiger partial charge is 0.480 e. The minimum atomic E-state index is -4.41. The van der Waals surface area contributed by atoms with Gasteiger partial charge in [0.15, 0.2) is 0 Å². The van der Waals surface area contributed by atoms with Crippen LogP contribution in [-0.2, 0) is 30.9 Å². The van der Waals surface area contributed by atoms with Crippen LogP contribution in [0, 0.1) is 0 Å². The van der Waals surface area contributed by atoms with Gasteiger partial charge in [0.25, 0.3) is 5.91 Å². The van der Waals surface area contributed by atoms with Crippen LogP contribution in [0.5, 0.6) is 11.5 Å². The fourth-order valence-electron chi connectivity index (χ4n) is 3.94. The number of anilines is 1. The summed E-state index contributed by atoms with van der Waals surface area (Å²) >= 11 is 5.93. The molecule has 1 aliphatic rings. The molecule has 1 amide bonds. The van der Waals surface area contributed by atoms with E-state index in [9.17, 15) is 23.1 Å². The van der Waals surface area contributed by atoms with Gasteiger partial charge in [-0.1, -0.05) is 41.9 Å². The van der Waals surface area contributed by atoms with Crippen molar-refractivity contribution in [3.63, 3.8) is 0 Å². The summed E-state index contributed by atoms with van der Waals surface area (Å²) in [5.41, 5.74) is 0.902. The van der Waals surface area contributed by atoms with Crippen molar-refractivity contribution >= 4 is 39.2 Å². The van der Waals surface area contributed by atoms with Crippen molar-refractivity contribution in [2.24, 2.45) is 0 Å². The third-order valence-corrected chi connectivity index (χ3v) is 7.79. The zero-order valence-electron chi connectivity index (χ0n) is 19.2. The number of hydrogen-bond donors (Lipinski definition) is 1. The van der Waals surface area contributed by atoms with Crippen LogP contribution >= 0.6 is 11.6 Å². The summed E-state index contributed by atoms with van der Waals surface area (Å²) in [4.78, 5) is 26.2. The van der Waals surface area contributed by atoms with E-state index in [4.69, 9.17) is 21.1 Å². The Morgan fingerprint density at radius 2 is 1.69 bits per heavy atom. The lowest BCUT2D eigenvalue weighted by Gasteiger charge is -2.28. The average molecular weight is 531 g/mol. The maximum atomic E-state index is 14.0. The highest BCUT2D eigenvalue weighted by Gasteiger charge is 2.42. The van der Waals surface area contributed by atoms with E-state index in [1.807, 2.05) is 0 Å². The number of rotatable bonds is 7. The zero-order valence-corrected chi connectivity index (χ0v) is 20.8. The van der Waals surface area contributed by atoms with Gasteiger partial charge in [-0.15, -0.1) is 0 Å². The molecule has 4 rings (SSSR count). The van der Waals surface area contributed by atoms with E-state index in [1.165, 1.54) is 30.2 Å². The zero-order chi connectivity index (χ0) is 25.9. The molecule has 0 saturated carbocycles. The minimum Gasteiger partial charge on any atom is -0.480 e. The Bertz CT molecular complexity index is 1380. The number of ether oxygens (including phenoxy) is 2. The number of carboxylic acid groups (broad SMARTS) is 1. The number of carbonyl (C=O) groups excluding carboxylic acids is 1. The summed E-state index contributed by atoms with van der Waals surface area (Å²) in [5.74, 6) is -1.50. The Morgan fingerprint density at radius 3 is 2.39 bits per heavy atom. The van der Waals surface area contributed by atoms with Crippen LogP contribution in [0.15, 0.2) is 77.7 Å². The van der Waals surface area contributed by atoms with Crippen molar-refractivity contribution in [1.82, 2.24) is 4.31 Å². The highest BCUT2D eigenvalue weighted by atomic mass is 35.5. The number of hydrogen-bond acceptors (Lipinski definition) is 6. The molecule has 0 saturated heterocycles. The van der Waals surface area contributed by atoms with Crippen LogP contribution in [0.3, 0.4) is 0 Å². The molecule has 0 spiro atoms. The third kappa shape index (κ3) is 5.21. The van der Waals surface area contributed by atoms with Gasteiger partial charge in [-0.05, 0) is 48.0 Å². The molecule has 1 atom stereocenters. The van der Waals surface area contributed by atoms with Gasteiger partial charge in [0.1, 0.15) is 29.0 Å². The topological polar surface area (TPSA) is 113 Å². The fourth-order valence-corrected chi connectivity index (χ4v) is 5.74. The first-order valence-corrected chi connectivity index (χ1v) is 12.7. The maximum Gasteiger partial charge on any atom is 0.323 e. The summed E-state index contributed by atoms with van der Waals surface area (Å²) in [6, 6.07) is 17.5. The molecule has 0 aliphatic carbocycles. The minimum absolute atomic E-state index is 0.0220. The Balaban J connectivity index is 1.79. The predicted molar refractivity (Wildman–Crippen MR) is 133 cm³/mol. The van der Waals surface area contributed by atoms with E-state index in [0.29, 0.717) is 22.0 Å². The predicted octanol–water partition coefficient (Wildman–Crippen LogP) is 3.77. The Morgan fingerprint density at radius 1 is 1.03 bits per heavy atom. The van der Waals surface area contributed by atoms with Gasteiger partial charge in [-0.3, -0.25) is 9.59 Å². The Labute approximate surface area is 213 Å². The molecule has 0 aromatic heterocycles. The van der Waals surface area contributed by atoms with E-state index in [2.05, 4.69) is 0 Å². The SMILES string of the molecule is COCC(=O)N1CC(C(=O)O)N(S(=O)(=O)c2ccccc2Oc2ccc(Cl)cc2)Cc2ccccc21. The van der Waals surface area contributed by atoms with Gasteiger partial charge in [0, 0.05) is 24.4 Å². The summed E-state index contributed by atoms with van der Waals surface area (Å²) in [6.07, 6.45) is 0. The molecule has 1 heterocycles. The van der Waals surface area contributed by atoms with Crippen LogP contribution < -0.4 is 9.64 Å². The first-order valence-electron chi connectivity index (χ1n) is 10.9. The molecule has 36 heavy (non-hydrogen) atoms. The normalized spacial score (nSPS) is 16.2. The van der Waals surface area contributed by atoms with Crippen molar-refractivity contribution in [1.29, 1.82) is 0 Å². The lowest BCUT2D eigenvalue weighted by molar-refractivity contribution is -0.141. The second-order valence-electron chi connectivity index (χ2n) is 7.97. The van der Waals surface area contributed by atoms with Gasteiger partial charge >= 0.3 is 5.97 Å². The van der Waals surface area contributed by atoms with Crippen LogP contribution in [-0.4, -0.2) is 56.0 Å². The lowest BCUT2D eigenvalue weighted by atomic mass is 10.1. The number of methoxy groups -OCH3 is 1. The van der Waals surface area contributed by atoms with Gasteiger partial charge in [0.2, 0.25) is 10.0 Å². The van der Waals surface area contributed by atoms with Crippen molar-refractivity contribution in [3.05, 3.63) is 83.4 Å². The number of nitrogens with zero attached hydrogens (tertiary/aromatic N) is 2. The molecule has 0 fully saturated rings. The fraction of sp³-hybridized carbons (Fsp3) is 0.200. The standard InChI is InChI=1S/C25H23ClN2O7S/c1-34-16-24(29)27-15-21(25(30)31)28(14-17-6-2-3-7-20(17)27)36(32,33)23-9-5-4-8-22(23)35-19-12-10-18(26)11-13-19/h2-13,21H,14-16H2,1H3,(H,30,31). The molecule has 3 aromatic rings. The lowest BCUT2D eigenvalue weighted by Crippen LogP contribution is -2.50. The second kappa shape index (κ2) is 10.7. The molecule has 0 radical (unpaired) electrons. The average Bonchev–Trinajstić information content (AvgIpc) is 3.04. The van der Waals surface area contributed by atoms with Crippen molar-refractivity contribution < 1.29 is 32.6 Å². The van der Waals surface area contributed by atoms with E-state index in [-0.39, 0.29) is 23.8 Å². The molecular formula is C25H23ClN2O7S. The molecule has 1 unspecified atom stereocenters. The van der Waals surface area contributed by atoms with E-state index in [0.717, 1.165) is 4.31 Å². The molecule has 9 nitrogen and oxygen atoms in total. The Hall–Kier alpha value is -3.44. The number of carboxylic acids is 1. The van der Waals surface area contributed by atoms with Crippen LogP contribution in [0.4, 0.5) is 5.69 Å². The summed E-state index contributed by atoms with van der Waals surface area (Å²) in [6.45, 7) is -0.944.